The molecule has 2 heterocycles. The Morgan fingerprint density at radius 2 is 1.91 bits per heavy atom. The molecule has 1 fully saturated rings. The average Bonchev–Trinajstić information content (AvgIpc) is 2.82. The molecule has 3 N–H and O–H groups in total. The second kappa shape index (κ2) is 7.41. The van der Waals surface area contributed by atoms with Gasteiger partial charge in [-0.3, -0.25) is 4.79 Å². The molecule has 23 heavy (non-hydrogen) atoms. The van der Waals surface area contributed by atoms with Gasteiger partial charge in [-0.2, -0.15) is 0 Å². The number of carbonyl (C=O) groups is 2. The van der Waals surface area contributed by atoms with Crippen LogP contribution in [0.2, 0.25) is 0 Å². The highest BCUT2D eigenvalue weighted by Gasteiger charge is 2.30. The van der Waals surface area contributed by atoms with E-state index in [0.717, 1.165) is 38.7 Å². The Kier molecular flexibility index (Phi) is 5.54. The van der Waals surface area contributed by atoms with Crippen LogP contribution in [0.25, 0.3) is 0 Å². The monoisotopic (exact) mass is 321 g/mol. The molecule has 0 bridgehead atoms. The Morgan fingerprint density at radius 3 is 2.43 bits per heavy atom. The summed E-state index contributed by atoms with van der Waals surface area (Å²) in [5, 5.41) is 20.8. The first-order valence-corrected chi connectivity index (χ1v) is 7.85. The number of anilines is 1. The molecule has 0 aromatic carbocycles. The highest BCUT2D eigenvalue weighted by atomic mass is 16.4. The van der Waals surface area contributed by atoms with Gasteiger partial charge in [-0.15, -0.1) is 0 Å². The molecule has 1 amide bonds. The maximum absolute atomic E-state index is 12.0. The molecule has 1 saturated heterocycles. The van der Waals surface area contributed by atoms with Crippen LogP contribution in [-0.4, -0.2) is 52.3 Å². The van der Waals surface area contributed by atoms with Crippen LogP contribution in [0, 0.1) is 0 Å². The smallest absolute Gasteiger partial charge is 0.337 e. The number of nitrogens with one attached hydrogen (secondary N) is 1. The number of aliphatic carboxylic acids is 1. The molecule has 126 valence electrons. The summed E-state index contributed by atoms with van der Waals surface area (Å²) >= 11 is 0. The summed E-state index contributed by atoms with van der Waals surface area (Å²) in [6.45, 7) is 2.71. The quantitative estimate of drug-likeness (QED) is 0.748. The zero-order chi connectivity index (χ0) is 16.9. The molecule has 7 nitrogen and oxygen atoms in total. The van der Waals surface area contributed by atoms with Crippen molar-refractivity contribution in [1.82, 2.24) is 10.3 Å². The van der Waals surface area contributed by atoms with E-state index in [4.69, 9.17) is 5.11 Å². The summed E-state index contributed by atoms with van der Waals surface area (Å²) in [4.78, 5) is 29.3. The summed E-state index contributed by atoms with van der Waals surface area (Å²) in [5.74, 6) is -0.991. The van der Waals surface area contributed by atoms with E-state index < -0.39 is 17.5 Å². The van der Waals surface area contributed by atoms with E-state index in [9.17, 15) is 14.7 Å². The lowest BCUT2D eigenvalue weighted by atomic mass is 10.1. The van der Waals surface area contributed by atoms with Crippen LogP contribution in [0.15, 0.2) is 18.3 Å². The van der Waals surface area contributed by atoms with E-state index >= 15 is 0 Å². The van der Waals surface area contributed by atoms with Crippen molar-refractivity contribution in [3.8, 4) is 0 Å². The molecule has 1 aliphatic rings. The Balaban J connectivity index is 1.96. The predicted octanol–water partition coefficient (Wildman–Crippen LogP) is 1.03. The van der Waals surface area contributed by atoms with Crippen molar-refractivity contribution in [2.45, 2.75) is 38.2 Å². The third kappa shape index (κ3) is 4.66. The zero-order valence-corrected chi connectivity index (χ0v) is 13.3. The van der Waals surface area contributed by atoms with Crippen LogP contribution in [-0.2, 0) is 4.79 Å². The number of carbonyl (C=O) groups excluding carboxylic acids is 1. The molecule has 7 heteroatoms. The van der Waals surface area contributed by atoms with E-state index in [1.807, 2.05) is 0 Å². The number of nitrogens with zero attached hydrogens (tertiary/aromatic N) is 2. The third-order valence-corrected chi connectivity index (χ3v) is 3.99. The van der Waals surface area contributed by atoms with Crippen molar-refractivity contribution >= 4 is 17.7 Å². The van der Waals surface area contributed by atoms with Crippen LogP contribution >= 0.6 is 0 Å². The molecular formula is C16H23N3O4. The van der Waals surface area contributed by atoms with Gasteiger partial charge in [-0.25, -0.2) is 9.78 Å². The van der Waals surface area contributed by atoms with Crippen LogP contribution in [0.1, 0.15) is 43.0 Å². The van der Waals surface area contributed by atoms with Crippen molar-refractivity contribution in [2.75, 3.05) is 24.5 Å². The Labute approximate surface area is 135 Å². The number of aromatic nitrogens is 1. The number of carboxylic acids is 1. The van der Waals surface area contributed by atoms with E-state index in [2.05, 4.69) is 15.2 Å². The Hall–Kier alpha value is -2.15. The number of hydrogen-bond donors (Lipinski definition) is 3. The highest BCUT2D eigenvalue weighted by Crippen LogP contribution is 2.17. The maximum Gasteiger partial charge on any atom is 0.337 e. The molecule has 1 unspecified atom stereocenters. The topological polar surface area (TPSA) is 103 Å². The van der Waals surface area contributed by atoms with Gasteiger partial charge in [0.05, 0.1) is 12.1 Å². The summed E-state index contributed by atoms with van der Waals surface area (Å²) in [5.41, 5.74) is -1.65. The number of carboxylic acid groups (broad SMARTS) is 1. The van der Waals surface area contributed by atoms with E-state index in [1.54, 1.807) is 12.1 Å². The van der Waals surface area contributed by atoms with Crippen molar-refractivity contribution in [3.63, 3.8) is 0 Å². The van der Waals surface area contributed by atoms with Gasteiger partial charge in [0.1, 0.15) is 5.82 Å². The number of aliphatic hydroxyl groups is 1. The lowest BCUT2D eigenvalue weighted by molar-refractivity contribution is -0.155. The SMILES string of the molecule is CC(O)(CNC(=O)c1ccc(N2CCCCCC2)nc1)C(=O)O. The predicted molar refractivity (Wildman–Crippen MR) is 85.5 cm³/mol. The molecule has 2 rings (SSSR count). The van der Waals surface area contributed by atoms with Crippen LogP contribution in [0.5, 0.6) is 0 Å². The van der Waals surface area contributed by atoms with Crippen molar-refractivity contribution in [1.29, 1.82) is 0 Å². The molecule has 0 spiro atoms. The fraction of sp³-hybridized carbons (Fsp3) is 0.562. The fourth-order valence-corrected chi connectivity index (χ4v) is 2.44. The minimum Gasteiger partial charge on any atom is -0.479 e. The Bertz CT molecular complexity index is 549. The normalized spacial score (nSPS) is 17.9. The number of hydrogen-bond acceptors (Lipinski definition) is 5. The minimum absolute atomic E-state index is 0.338. The first-order chi connectivity index (χ1) is 10.9. The molecule has 0 aliphatic carbocycles. The van der Waals surface area contributed by atoms with Gasteiger partial charge in [0, 0.05) is 19.3 Å². The van der Waals surface area contributed by atoms with Gasteiger partial charge in [0.2, 0.25) is 0 Å². The van der Waals surface area contributed by atoms with Crippen molar-refractivity contribution in [3.05, 3.63) is 23.9 Å². The summed E-state index contributed by atoms with van der Waals surface area (Å²) < 4.78 is 0. The van der Waals surface area contributed by atoms with Gasteiger partial charge in [-0.05, 0) is 31.9 Å². The largest absolute Gasteiger partial charge is 0.479 e. The van der Waals surface area contributed by atoms with Crippen LogP contribution < -0.4 is 10.2 Å². The van der Waals surface area contributed by atoms with Crippen molar-refractivity contribution in [2.24, 2.45) is 0 Å². The molecule has 1 aromatic heterocycles. The van der Waals surface area contributed by atoms with Gasteiger partial charge < -0.3 is 20.4 Å². The van der Waals surface area contributed by atoms with Gasteiger partial charge >= 0.3 is 5.97 Å². The van der Waals surface area contributed by atoms with Crippen LogP contribution in [0.3, 0.4) is 0 Å². The highest BCUT2D eigenvalue weighted by molar-refractivity contribution is 5.94. The summed E-state index contributed by atoms with van der Waals surface area (Å²) in [7, 11) is 0. The van der Waals surface area contributed by atoms with Crippen molar-refractivity contribution < 1.29 is 19.8 Å². The van der Waals surface area contributed by atoms with Crippen LogP contribution in [0.4, 0.5) is 5.82 Å². The molecular weight excluding hydrogens is 298 g/mol. The molecule has 1 atom stereocenters. The minimum atomic E-state index is -1.99. The van der Waals surface area contributed by atoms with E-state index in [0.29, 0.717) is 5.56 Å². The fourth-order valence-electron chi connectivity index (χ4n) is 2.44. The number of pyridine rings is 1. The lowest BCUT2D eigenvalue weighted by Gasteiger charge is -2.21. The third-order valence-electron chi connectivity index (χ3n) is 3.99. The molecule has 0 saturated carbocycles. The molecule has 0 radical (unpaired) electrons. The van der Waals surface area contributed by atoms with E-state index in [1.165, 1.54) is 19.0 Å². The average molecular weight is 321 g/mol. The second-order valence-corrected chi connectivity index (χ2v) is 6.07. The zero-order valence-electron chi connectivity index (χ0n) is 13.3. The Morgan fingerprint density at radius 1 is 1.26 bits per heavy atom. The molecule has 1 aliphatic heterocycles. The lowest BCUT2D eigenvalue weighted by Crippen LogP contribution is -2.46. The van der Waals surface area contributed by atoms with Gasteiger partial charge in [-0.1, -0.05) is 12.8 Å². The summed E-state index contributed by atoms with van der Waals surface area (Å²) in [6.07, 6.45) is 6.24. The second-order valence-electron chi connectivity index (χ2n) is 6.07. The number of amides is 1. The molecule has 1 aromatic rings. The number of rotatable bonds is 5. The first-order valence-electron chi connectivity index (χ1n) is 7.85. The first kappa shape index (κ1) is 17.2. The van der Waals surface area contributed by atoms with Gasteiger partial charge in [0.25, 0.3) is 5.91 Å². The summed E-state index contributed by atoms with van der Waals surface area (Å²) in [6, 6.07) is 3.47. The van der Waals surface area contributed by atoms with Gasteiger partial charge in [0.15, 0.2) is 5.60 Å². The standard InChI is InChI=1S/C16H23N3O4/c1-16(23,15(21)22)11-18-14(20)12-6-7-13(17-10-12)19-8-4-2-3-5-9-19/h6-7,10,23H,2-5,8-9,11H2,1H3,(H,18,20)(H,21,22). The van der Waals surface area contributed by atoms with E-state index in [-0.39, 0.29) is 6.54 Å². The maximum atomic E-state index is 12.0.